The molecule has 6 heteroatoms. The highest BCUT2D eigenvalue weighted by atomic mass is 16.4. The summed E-state index contributed by atoms with van der Waals surface area (Å²) < 4.78 is 0. The molecule has 0 bridgehead atoms. The summed E-state index contributed by atoms with van der Waals surface area (Å²) in [5.74, 6) is -0.685. The van der Waals surface area contributed by atoms with Gasteiger partial charge in [-0.15, -0.1) is 0 Å². The summed E-state index contributed by atoms with van der Waals surface area (Å²) in [6.45, 7) is 2.09. The zero-order valence-corrected chi connectivity index (χ0v) is 12.4. The Morgan fingerprint density at radius 2 is 1.90 bits per heavy atom. The van der Waals surface area contributed by atoms with Gasteiger partial charge in [-0.05, 0) is 37.5 Å². The highest BCUT2D eigenvalue weighted by Gasteiger charge is 2.12. The lowest BCUT2D eigenvalue weighted by atomic mass is 10.1. The molecule has 1 unspecified atom stereocenters. The van der Waals surface area contributed by atoms with Gasteiger partial charge < -0.3 is 20.4 Å². The molecule has 1 aromatic rings. The molecule has 1 aromatic carbocycles. The number of rotatable bonds is 7. The van der Waals surface area contributed by atoms with Crippen molar-refractivity contribution in [1.29, 1.82) is 0 Å². The van der Waals surface area contributed by atoms with Crippen molar-refractivity contribution >= 4 is 12.0 Å². The number of urea groups is 1. The number of nitrogens with one attached hydrogen (secondary N) is 1. The maximum absolute atomic E-state index is 11.8. The zero-order valence-electron chi connectivity index (χ0n) is 12.4. The molecule has 0 aromatic heterocycles. The van der Waals surface area contributed by atoms with Gasteiger partial charge in [0.2, 0.25) is 0 Å². The van der Waals surface area contributed by atoms with E-state index < -0.39 is 5.97 Å². The van der Waals surface area contributed by atoms with Crippen LogP contribution in [0.5, 0.6) is 5.75 Å². The second kappa shape index (κ2) is 8.14. The highest BCUT2D eigenvalue weighted by molar-refractivity contribution is 5.75. The number of carbonyl (C=O) groups is 2. The van der Waals surface area contributed by atoms with E-state index in [1.807, 2.05) is 19.1 Å². The first-order valence-electron chi connectivity index (χ1n) is 6.90. The third-order valence-corrected chi connectivity index (χ3v) is 3.18. The maximum atomic E-state index is 11.8. The molecule has 0 aliphatic rings. The third-order valence-electron chi connectivity index (χ3n) is 3.18. The van der Waals surface area contributed by atoms with Crippen molar-refractivity contribution in [3.8, 4) is 5.75 Å². The van der Waals surface area contributed by atoms with Crippen LogP contribution in [0.4, 0.5) is 4.79 Å². The molecule has 0 spiro atoms. The minimum absolute atomic E-state index is 0.0152. The molecular formula is C15H22N2O4. The van der Waals surface area contributed by atoms with Gasteiger partial charge in [-0.25, -0.2) is 4.79 Å². The molecule has 0 radical (unpaired) electrons. The summed E-state index contributed by atoms with van der Waals surface area (Å²) in [5, 5.41) is 20.6. The summed E-state index contributed by atoms with van der Waals surface area (Å²) in [4.78, 5) is 23.6. The number of amides is 2. The van der Waals surface area contributed by atoms with Gasteiger partial charge >= 0.3 is 12.0 Å². The number of phenolic OH excluding ortho intramolecular Hbond substituents is 1. The van der Waals surface area contributed by atoms with Gasteiger partial charge in [0.05, 0.1) is 6.42 Å². The van der Waals surface area contributed by atoms with E-state index in [1.54, 1.807) is 19.2 Å². The molecule has 1 rings (SSSR count). The fraction of sp³-hybridized carbons (Fsp3) is 0.467. The molecule has 0 saturated carbocycles. The number of aryl methyl sites for hydroxylation is 1. The topological polar surface area (TPSA) is 89.9 Å². The fourth-order valence-corrected chi connectivity index (χ4v) is 1.80. The van der Waals surface area contributed by atoms with Crippen molar-refractivity contribution in [1.82, 2.24) is 10.2 Å². The van der Waals surface area contributed by atoms with Gasteiger partial charge in [0, 0.05) is 19.6 Å². The number of aliphatic carboxylic acids is 1. The van der Waals surface area contributed by atoms with Crippen LogP contribution in [0.1, 0.15) is 25.3 Å². The molecule has 1 atom stereocenters. The maximum Gasteiger partial charge on any atom is 0.317 e. The van der Waals surface area contributed by atoms with Crippen LogP contribution in [0.2, 0.25) is 0 Å². The number of aromatic hydroxyl groups is 1. The van der Waals surface area contributed by atoms with Crippen LogP contribution in [-0.4, -0.2) is 46.7 Å². The fourth-order valence-electron chi connectivity index (χ4n) is 1.80. The van der Waals surface area contributed by atoms with Gasteiger partial charge in [0.1, 0.15) is 5.75 Å². The lowest BCUT2D eigenvalue weighted by Gasteiger charge is -2.20. The van der Waals surface area contributed by atoms with E-state index in [-0.39, 0.29) is 30.8 Å². The Bertz CT molecular complexity index is 473. The minimum Gasteiger partial charge on any atom is -0.508 e. The van der Waals surface area contributed by atoms with Crippen LogP contribution >= 0.6 is 0 Å². The SMILES string of the molecule is CC(CCc1ccc(O)cc1)NC(=O)N(C)CCC(=O)O. The molecule has 2 amide bonds. The van der Waals surface area contributed by atoms with Crippen LogP contribution in [0.25, 0.3) is 0 Å². The highest BCUT2D eigenvalue weighted by Crippen LogP contribution is 2.12. The molecule has 6 nitrogen and oxygen atoms in total. The number of carboxylic acids is 1. The molecular weight excluding hydrogens is 272 g/mol. The van der Waals surface area contributed by atoms with Crippen molar-refractivity contribution in [2.24, 2.45) is 0 Å². The Morgan fingerprint density at radius 1 is 1.29 bits per heavy atom. The number of phenols is 1. The van der Waals surface area contributed by atoms with Crippen LogP contribution in [0, 0.1) is 0 Å². The molecule has 0 fully saturated rings. The first-order valence-corrected chi connectivity index (χ1v) is 6.90. The van der Waals surface area contributed by atoms with Crippen molar-refractivity contribution in [3.05, 3.63) is 29.8 Å². The second-order valence-corrected chi connectivity index (χ2v) is 5.12. The molecule has 3 N–H and O–H groups in total. The zero-order chi connectivity index (χ0) is 15.8. The van der Waals surface area contributed by atoms with E-state index in [1.165, 1.54) is 4.90 Å². The summed E-state index contributed by atoms with van der Waals surface area (Å²) in [6, 6.07) is 6.69. The Morgan fingerprint density at radius 3 is 2.48 bits per heavy atom. The van der Waals surface area contributed by atoms with Crippen LogP contribution in [0.3, 0.4) is 0 Å². The lowest BCUT2D eigenvalue weighted by Crippen LogP contribution is -2.42. The average Bonchev–Trinajstić information content (AvgIpc) is 2.44. The summed E-state index contributed by atoms with van der Waals surface area (Å²) in [5.41, 5.74) is 1.09. The van der Waals surface area contributed by atoms with Crippen LogP contribution in [0.15, 0.2) is 24.3 Å². The minimum atomic E-state index is -0.921. The van der Waals surface area contributed by atoms with Gasteiger partial charge in [-0.2, -0.15) is 0 Å². The number of carbonyl (C=O) groups excluding carboxylic acids is 1. The quantitative estimate of drug-likeness (QED) is 0.715. The predicted molar refractivity (Wildman–Crippen MR) is 79.3 cm³/mol. The Balaban J connectivity index is 2.32. The van der Waals surface area contributed by atoms with E-state index >= 15 is 0 Å². The third kappa shape index (κ3) is 6.65. The first kappa shape index (κ1) is 16.8. The van der Waals surface area contributed by atoms with Crippen molar-refractivity contribution in [3.63, 3.8) is 0 Å². The van der Waals surface area contributed by atoms with E-state index in [2.05, 4.69) is 5.32 Å². The van der Waals surface area contributed by atoms with E-state index in [0.29, 0.717) is 0 Å². The smallest absolute Gasteiger partial charge is 0.317 e. The van der Waals surface area contributed by atoms with Crippen molar-refractivity contribution in [2.45, 2.75) is 32.2 Å². The second-order valence-electron chi connectivity index (χ2n) is 5.12. The van der Waals surface area contributed by atoms with Crippen LogP contribution < -0.4 is 5.32 Å². The van der Waals surface area contributed by atoms with Crippen molar-refractivity contribution in [2.75, 3.05) is 13.6 Å². The predicted octanol–water partition coefficient (Wildman–Crippen LogP) is 1.83. The van der Waals surface area contributed by atoms with Gasteiger partial charge in [-0.3, -0.25) is 4.79 Å². The number of benzene rings is 1. The summed E-state index contributed by atoms with van der Waals surface area (Å²) in [6.07, 6.45) is 1.50. The van der Waals surface area contributed by atoms with E-state index in [0.717, 1.165) is 18.4 Å². The Labute approximate surface area is 124 Å². The number of hydrogen-bond donors (Lipinski definition) is 3. The number of hydrogen-bond acceptors (Lipinski definition) is 3. The molecule has 0 aliphatic carbocycles. The Kier molecular flexibility index (Phi) is 6.52. The largest absolute Gasteiger partial charge is 0.508 e. The van der Waals surface area contributed by atoms with Gasteiger partial charge in [0.25, 0.3) is 0 Å². The monoisotopic (exact) mass is 294 g/mol. The first-order chi connectivity index (χ1) is 9.88. The summed E-state index contributed by atoms with van der Waals surface area (Å²) in [7, 11) is 1.57. The number of nitrogens with zero attached hydrogens (tertiary/aromatic N) is 1. The van der Waals surface area contributed by atoms with Crippen LogP contribution in [-0.2, 0) is 11.2 Å². The van der Waals surface area contributed by atoms with E-state index in [4.69, 9.17) is 5.11 Å². The standard InChI is InChI=1S/C15H22N2O4/c1-11(3-4-12-5-7-13(18)8-6-12)16-15(21)17(2)10-9-14(19)20/h5-8,11,18H,3-4,9-10H2,1-2H3,(H,16,21)(H,19,20). The normalized spacial score (nSPS) is 11.7. The molecule has 0 saturated heterocycles. The van der Waals surface area contributed by atoms with E-state index in [9.17, 15) is 14.7 Å². The molecule has 0 heterocycles. The molecule has 0 aliphatic heterocycles. The number of carboxylic acid groups (broad SMARTS) is 1. The molecule has 21 heavy (non-hydrogen) atoms. The van der Waals surface area contributed by atoms with Gasteiger partial charge in [0.15, 0.2) is 0 Å². The molecule has 116 valence electrons. The average molecular weight is 294 g/mol. The Hall–Kier alpha value is -2.24. The van der Waals surface area contributed by atoms with Crippen molar-refractivity contribution < 1.29 is 19.8 Å². The van der Waals surface area contributed by atoms with Gasteiger partial charge in [-0.1, -0.05) is 12.1 Å². The summed E-state index contributed by atoms with van der Waals surface area (Å²) >= 11 is 0. The lowest BCUT2D eigenvalue weighted by molar-refractivity contribution is -0.137.